The Morgan fingerprint density at radius 1 is 0.828 bits per heavy atom. The summed E-state index contributed by atoms with van der Waals surface area (Å²) in [6.07, 6.45) is 0. The second kappa shape index (κ2) is 8.07. The van der Waals surface area contributed by atoms with E-state index in [4.69, 9.17) is 40.2 Å². The van der Waals surface area contributed by atoms with Crippen molar-refractivity contribution in [2.75, 3.05) is 0 Å². The van der Waals surface area contributed by atoms with E-state index in [2.05, 4.69) is 0 Å². The molecule has 4 nitrogen and oxygen atoms in total. The van der Waals surface area contributed by atoms with Gasteiger partial charge in [-0.2, -0.15) is 0 Å². The van der Waals surface area contributed by atoms with E-state index in [9.17, 15) is 4.79 Å². The highest BCUT2D eigenvalue weighted by Gasteiger charge is 2.15. The zero-order valence-corrected chi connectivity index (χ0v) is 17.5. The lowest BCUT2D eigenvalue weighted by molar-refractivity contribution is 0.0971. The van der Waals surface area contributed by atoms with E-state index in [1.165, 1.54) is 0 Å². The highest BCUT2D eigenvalue weighted by Crippen LogP contribution is 2.23. The molecule has 1 aromatic heterocycles. The largest absolute Gasteiger partial charge is 0.306 e. The molecule has 0 unspecified atom stereocenters. The molecule has 4 rings (SSSR count). The minimum absolute atomic E-state index is 0.0327. The average Bonchev–Trinajstić information content (AvgIpc) is 2.97. The molecule has 146 valence electrons. The van der Waals surface area contributed by atoms with Gasteiger partial charge in [0.25, 0.3) is 0 Å². The van der Waals surface area contributed by atoms with E-state index in [-0.39, 0.29) is 17.9 Å². The lowest BCUT2D eigenvalue weighted by Crippen LogP contribution is -2.27. The molecular formula is C22H16Cl3N3O. The summed E-state index contributed by atoms with van der Waals surface area (Å²) in [6, 6.07) is 20.0. The molecular weight excluding hydrogens is 429 g/mol. The van der Waals surface area contributed by atoms with Gasteiger partial charge in [0.05, 0.1) is 34.2 Å². The highest BCUT2D eigenvalue weighted by molar-refractivity contribution is 6.42. The van der Waals surface area contributed by atoms with Crippen molar-refractivity contribution in [2.45, 2.75) is 13.1 Å². The molecule has 0 amide bonds. The number of carbonyl (C=O) groups is 1. The summed E-state index contributed by atoms with van der Waals surface area (Å²) in [5.41, 5.74) is 3.43. The van der Waals surface area contributed by atoms with Crippen LogP contribution in [-0.4, -0.2) is 14.9 Å². The minimum atomic E-state index is -0.142. The second-order valence-corrected chi connectivity index (χ2v) is 7.91. The molecule has 0 saturated carbocycles. The number of para-hydroxylation sites is 2. The molecule has 29 heavy (non-hydrogen) atoms. The molecule has 0 bridgehead atoms. The molecule has 0 fully saturated rings. The van der Waals surface area contributed by atoms with Gasteiger partial charge in [-0.15, -0.1) is 0 Å². The third kappa shape index (κ3) is 3.97. The quantitative estimate of drug-likeness (QED) is 0.388. The zero-order valence-electron chi connectivity index (χ0n) is 15.2. The van der Waals surface area contributed by atoms with Crippen LogP contribution in [0.5, 0.6) is 0 Å². The first-order valence-corrected chi connectivity index (χ1v) is 10.0. The Balaban J connectivity index is 1.74. The van der Waals surface area contributed by atoms with Gasteiger partial charge < -0.3 is 9.13 Å². The van der Waals surface area contributed by atoms with Crippen LogP contribution < -0.4 is 5.62 Å². The van der Waals surface area contributed by atoms with Gasteiger partial charge in [-0.1, -0.05) is 59.1 Å². The van der Waals surface area contributed by atoms with Gasteiger partial charge in [0.2, 0.25) is 5.62 Å². The molecule has 4 aromatic rings. The lowest BCUT2D eigenvalue weighted by Gasteiger charge is -2.06. The van der Waals surface area contributed by atoms with Gasteiger partial charge in [0.15, 0.2) is 5.78 Å². The van der Waals surface area contributed by atoms with E-state index in [1.807, 2.05) is 53.1 Å². The van der Waals surface area contributed by atoms with Crippen LogP contribution in [0.4, 0.5) is 0 Å². The monoisotopic (exact) mass is 443 g/mol. The predicted molar refractivity (Wildman–Crippen MR) is 117 cm³/mol. The van der Waals surface area contributed by atoms with E-state index < -0.39 is 0 Å². The topological polar surface area (TPSA) is 50.8 Å². The van der Waals surface area contributed by atoms with Crippen LogP contribution in [0.2, 0.25) is 15.1 Å². The van der Waals surface area contributed by atoms with Crippen LogP contribution in [0.15, 0.2) is 66.7 Å². The summed E-state index contributed by atoms with van der Waals surface area (Å²) in [5, 5.41) is 10.1. The number of benzene rings is 3. The Morgan fingerprint density at radius 2 is 1.48 bits per heavy atom. The maximum atomic E-state index is 12.8. The SMILES string of the molecule is N=c1n(CC(=O)c2ccc(Cl)c(Cl)c2)c2ccccc2n1Cc1ccc(Cl)cc1. The number of nitrogens with zero attached hydrogens (tertiary/aromatic N) is 2. The van der Waals surface area contributed by atoms with Crippen molar-refractivity contribution >= 4 is 51.6 Å². The number of rotatable bonds is 5. The first kappa shape index (κ1) is 19.8. The highest BCUT2D eigenvalue weighted by atomic mass is 35.5. The fourth-order valence-electron chi connectivity index (χ4n) is 3.29. The number of Topliss-reactive ketones (excluding diaryl/α,β-unsaturated/α-hetero) is 1. The van der Waals surface area contributed by atoms with Crippen molar-refractivity contribution in [1.82, 2.24) is 9.13 Å². The number of fused-ring (bicyclic) bond motifs is 1. The average molecular weight is 445 g/mol. The molecule has 0 spiro atoms. The van der Waals surface area contributed by atoms with Crippen molar-refractivity contribution in [1.29, 1.82) is 5.41 Å². The molecule has 0 aliphatic carbocycles. The van der Waals surface area contributed by atoms with Crippen LogP contribution in [-0.2, 0) is 13.1 Å². The number of aromatic nitrogens is 2. The standard InChI is InChI=1S/C22H16Cl3N3O/c23-16-8-5-14(6-9-16)12-27-19-3-1-2-4-20(19)28(22(27)26)13-21(29)15-7-10-17(24)18(25)11-15/h1-11,26H,12-13H2. The molecule has 3 aromatic carbocycles. The lowest BCUT2D eigenvalue weighted by atomic mass is 10.1. The smallest absolute Gasteiger partial charge is 0.203 e. The van der Waals surface area contributed by atoms with Gasteiger partial charge in [-0.3, -0.25) is 10.2 Å². The summed E-state index contributed by atoms with van der Waals surface area (Å²) in [7, 11) is 0. The molecule has 1 heterocycles. The third-order valence-corrected chi connectivity index (χ3v) is 5.76. The number of hydrogen-bond acceptors (Lipinski definition) is 2. The number of nitrogens with one attached hydrogen (secondary N) is 1. The van der Waals surface area contributed by atoms with Crippen molar-refractivity contribution in [3.05, 3.63) is 98.5 Å². The summed E-state index contributed by atoms with van der Waals surface area (Å²) in [6.45, 7) is 0.537. The van der Waals surface area contributed by atoms with Crippen LogP contribution in [0.25, 0.3) is 11.0 Å². The molecule has 0 radical (unpaired) electrons. The summed E-state index contributed by atoms with van der Waals surface area (Å²) in [5.74, 6) is -0.142. The first-order chi connectivity index (χ1) is 13.9. The molecule has 0 aliphatic rings. The summed E-state index contributed by atoms with van der Waals surface area (Å²) < 4.78 is 3.58. The Morgan fingerprint density at radius 3 is 2.14 bits per heavy atom. The maximum Gasteiger partial charge on any atom is 0.203 e. The van der Waals surface area contributed by atoms with Crippen LogP contribution in [0, 0.1) is 5.41 Å². The van der Waals surface area contributed by atoms with E-state index in [0.717, 1.165) is 16.6 Å². The summed E-state index contributed by atoms with van der Waals surface area (Å²) in [4.78, 5) is 12.8. The van der Waals surface area contributed by atoms with Crippen molar-refractivity contribution < 1.29 is 4.79 Å². The summed E-state index contributed by atoms with van der Waals surface area (Å²) >= 11 is 18.0. The fourth-order valence-corrected chi connectivity index (χ4v) is 3.72. The van der Waals surface area contributed by atoms with Gasteiger partial charge >= 0.3 is 0 Å². The van der Waals surface area contributed by atoms with Crippen molar-refractivity contribution in [3.63, 3.8) is 0 Å². The fraction of sp³-hybridized carbons (Fsp3) is 0.0909. The molecule has 0 aliphatic heterocycles. The van der Waals surface area contributed by atoms with Gasteiger partial charge in [-0.05, 0) is 48.0 Å². The van der Waals surface area contributed by atoms with Crippen LogP contribution in [0.3, 0.4) is 0 Å². The van der Waals surface area contributed by atoms with Gasteiger partial charge in [0.1, 0.15) is 0 Å². The molecule has 1 N–H and O–H groups in total. The Hall–Kier alpha value is -2.53. The van der Waals surface area contributed by atoms with Gasteiger partial charge in [0, 0.05) is 10.6 Å². The second-order valence-electron chi connectivity index (χ2n) is 6.66. The maximum absolute atomic E-state index is 12.8. The number of hydrogen-bond donors (Lipinski definition) is 1. The Labute approximate surface area is 182 Å². The normalized spacial score (nSPS) is 11.1. The van der Waals surface area contributed by atoms with Crippen LogP contribution in [0.1, 0.15) is 15.9 Å². The van der Waals surface area contributed by atoms with E-state index >= 15 is 0 Å². The van der Waals surface area contributed by atoms with E-state index in [1.54, 1.807) is 22.8 Å². The number of carbonyl (C=O) groups excluding carboxylic acids is 1. The minimum Gasteiger partial charge on any atom is -0.306 e. The number of imidazole rings is 1. The number of halogens is 3. The van der Waals surface area contributed by atoms with Gasteiger partial charge in [-0.25, -0.2) is 0 Å². The van der Waals surface area contributed by atoms with E-state index in [0.29, 0.717) is 27.2 Å². The Bertz CT molecular complexity index is 1270. The van der Waals surface area contributed by atoms with Crippen molar-refractivity contribution in [3.8, 4) is 0 Å². The van der Waals surface area contributed by atoms with Crippen molar-refractivity contribution in [2.24, 2.45) is 0 Å². The Kier molecular flexibility index (Phi) is 5.50. The predicted octanol–water partition coefficient (Wildman–Crippen LogP) is 5.81. The molecule has 0 atom stereocenters. The van der Waals surface area contributed by atoms with Crippen LogP contribution >= 0.6 is 34.8 Å². The third-order valence-electron chi connectivity index (χ3n) is 4.77. The zero-order chi connectivity index (χ0) is 20.5. The molecule has 7 heteroatoms. The number of ketones is 1. The molecule has 0 saturated heterocycles. The first-order valence-electron chi connectivity index (χ1n) is 8.89.